The van der Waals surface area contributed by atoms with Crippen LogP contribution in [0.4, 0.5) is 5.69 Å². The molecule has 42 heavy (non-hydrogen) atoms. The molecule has 4 rings (SSSR count). The van der Waals surface area contributed by atoms with Crippen LogP contribution in [0.1, 0.15) is 40.4 Å². The van der Waals surface area contributed by atoms with Crippen molar-refractivity contribution in [1.29, 1.82) is 0 Å². The molecule has 0 aliphatic carbocycles. The van der Waals surface area contributed by atoms with Gasteiger partial charge in [0.25, 0.3) is 11.5 Å². The van der Waals surface area contributed by atoms with Crippen molar-refractivity contribution < 1.29 is 23.5 Å². The second-order valence-corrected chi connectivity index (χ2v) is 10.7. The number of hydrogen-bond donors (Lipinski definition) is 2. The number of nitrogens with one attached hydrogen (secondary N) is 1. The number of amides is 1. The van der Waals surface area contributed by atoms with Crippen LogP contribution in [-0.4, -0.2) is 72.0 Å². The highest BCUT2D eigenvalue weighted by Gasteiger charge is 2.28. The average molecular weight is 591 g/mol. The summed E-state index contributed by atoms with van der Waals surface area (Å²) in [6.45, 7) is 3.85. The Morgan fingerprint density at radius 2 is 1.69 bits per heavy atom. The highest BCUT2D eigenvalue weighted by Crippen LogP contribution is 2.20. The number of aliphatic carboxylic acids is 1. The standard InChI is InChI=1S/C30H33N5O6S/c1-22(18-28(36)37)35(42(40)41)34-16-14-33(15-17-34)26-12-10-23(11-13-26)8-9-25-19-27(30(39)32(2)21-25)29(38)31-20-24-6-4-3-5-7-24/h3-7,10-13,19,21-22H,14-18,20H2,1-2H3,(H,31,38)(H,36,37)(H,40,41)/p-1. The van der Waals surface area contributed by atoms with Crippen LogP contribution >= 0.6 is 0 Å². The Kier molecular flexibility index (Phi) is 10.3. The van der Waals surface area contributed by atoms with E-state index in [9.17, 15) is 23.1 Å². The number of carboxylic acids is 1. The van der Waals surface area contributed by atoms with E-state index in [0.29, 0.717) is 38.3 Å². The first kappa shape index (κ1) is 30.7. The molecule has 1 saturated heterocycles. The van der Waals surface area contributed by atoms with Crippen LogP contribution in [0.2, 0.25) is 0 Å². The van der Waals surface area contributed by atoms with Crippen molar-refractivity contribution >= 4 is 28.8 Å². The Bertz CT molecular complexity index is 1560. The van der Waals surface area contributed by atoms with Crippen LogP contribution in [-0.2, 0) is 29.7 Å². The third-order valence-electron chi connectivity index (χ3n) is 6.84. The van der Waals surface area contributed by atoms with Crippen molar-refractivity contribution in [3.8, 4) is 11.8 Å². The molecule has 2 unspecified atom stereocenters. The highest BCUT2D eigenvalue weighted by molar-refractivity contribution is 7.76. The lowest BCUT2D eigenvalue weighted by Crippen LogP contribution is -2.57. The zero-order valence-corrected chi connectivity index (χ0v) is 24.2. The Labute approximate surface area is 246 Å². The molecule has 0 radical (unpaired) electrons. The van der Waals surface area contributed by atoms with Crippen molar-refractivity contribution in [1.82, 2.24) is 19.3 Å². The van der Waals surface area contributed by atoms with Gasteiger partial charge in [-0.2, -0.15) is 4.41 Å². The Hall–Kier alpha value is -4.28. The zero-order chi connectivity index (χ0) is 30.2. The lowest BCUT2D eigenvalue weighted by molar-refractivity contribution is -0.139. The summed E-state index contributed by atoms with van der Waals surface area (Å²) in [5.41, 5.74) is 2.77. The molecule has 11 nitrogen and oxygen atoms in total. The van der Waals surface area contributed by atoms with Crippen molar-refractivity contribution in [2.45, 2.75) is 25.9 Å². The summed E-state index contributed by atoms with van der Waals surface area (Å²) in [5, 5.41) is 13.5. The van der Waals surface area contributed by atoms with Crippen LogP contribution in [0.5, 0.6) is 0 Å². The molecule has 1 aliphatic rings. The molecule has 2 atom stereocenters. The predicted octanol–water partition coefficient (Wildman–Crippen LogP) is 1.71. The molecule has 220 valence electrons. The van der Waals surface area contributed by atoms with Crippen molar-refractivity contribution in [3.05, 3.63) is 99.5 Å². The van der Waals surface area contributed by atoms with E-state index >= 15 is 0 Å². The second-order valence-electron chi connectivity index (χ2n) is 9.93. The van der Waals surface area contributed by atoms with E-state index < -0.39 is 34.7 Å². The molecular formula is C30H32N5O6S-. The Balaban J connectivity index is 1.39. The summed E-state index contributed by atoms with van der Waals surface area (Å²) in [6.07, 6.45) is 1.31. The van der Waals surface area contributed by atoms with E-state index in [1.807, 2.05) is 54.6 Å². The molecule has 1 amide bonds. The first-order valence-electron chi connectivity index (χ1n) is 13.4. The molecule has 2 heterocycles. The fraction of sp³-hybridized carbons (Fsp3) is 0.300. The topological polar surface area (TPSA) is 138 Å². The Morgan fingerprint density at radius 3 is 2.31 bits per heavy atom. The van der Waals surface area contributed by atoms with E-state index in [1.54, 1.807) is 25.2 Å². The molecule has 1 aliphatic heterocycles. The first-order valence-corrected chi connectivity index (χ1v) is 14.4. The predicted molar refractivity (Wildman–Crippen MR) is 158 cm³/mol. The lowest BCUT2D eigenvalue weighted by atomic mass is 10.1. The molecule has 2 aromatic carbocycles. The van der Waals surface area contributed by atoms with Gasteiger partial charge in [0.05, 0.1) is 6.42 Å². The number of rotatable bonds is 9. The van der Waals surface area contributed by atoms with Gasteiger partial charge in [0.1, 0.15) is 5.56 Å². The van der Waals surface area contributed by atoms with E-state index in [2.05, 4.69) is 22.1 Å². The molecule has 3 aromatic rings. The van der Waals surface area contributed by atoms with Gasteiger partial charge in [-0.3, -0.25) is 18.6 Å². The number of aryl methyl sites for hydroxylation is 1. The third-order valence-corrected chi connectivity index (χ3v) is 7.74. The molecule has 0 bridgehead atoms. The molecule has 0 saturated carbocycles. The van der Waals surface area contributed by atoms with E-state index in [4.69, 9.17) is 5.11 Å². The summed E-state index contributed by atoms with van der Waals surface area (Å²) in [6, 6.07) is 17.9. The highest BCUT2D eigenvalue weighted by atomic mass is 32.2. The summed E-state index contributed by atoms with van der Waals surface area (Å²) in [4.78, 5) is 38.5. The third kappa shape index (κ3) is 7.92. The fourth-order valence-corrected chi connectivity index (χ4v) is 5.44. The molecule has 1 fully saturated rings. The monoisotopic (exact) mass is 590 g/mol. The zero-order valence-electron chi connectivity index (χ0n) is 23.4. The van der Waals surface area contributed by atoms with Gasteiger partial charge in [0.2, 0.25) is 0 Å². The summed E-state index contributed by atoms with van der Waals surface area (Å²) < 4.78 is 26.0. The van der Waals surface area contributed by atoms with Gasteiger partial charge in [-0.1, -0.05) is 42.2 Å². The number of benzene rings is 2. The van der Waals surface area contributed by atoms with E-state index in [0.717, 1.165) is 21.2 Å². The van der Waals surface area contributed by atoms with Gasteiger partial charge in [-0.15, -0.1) is 0 Å². The normalized spacial score (nSPS) is 15.0. The fourth-order valence-electron chi connectivity index (χ4n) is 4.72. The SMILES string of the molecule is CC(CC(=O)O)N(N1CCN(c2ccc(C#Cc3cc(C(=O)NCc4ccccc4)c(=O)n(C)c3)cc2)CC1)S(=O)[O-]. The quantitative estimate of drug-likeness (QED) is 0.284. The van der Waals surface area contributed by atoms with Crippen molar-refractivity contribution in [2.75, 3.05) is 31.1 Å². The maximum absolute atomic E-state index is 12.7. The summed E-state index contributed by atoms with van der Waals surface area (Å²) >= 11 is -2.57. The lowest BCUT2D eigenvalue weighted by Gasteiger charge is -2.44. The van der Waals surface area contributed by atoms with Crippen LogP contribution in [0, 0.1) is 11.8 Å². The number of hydrogen-bond acceptors (Lipinski definition) is 7. The van der Waals surface area contributed by atoms with Crippen molar-refractivity contribution in [3.63, 3.8) is 0 Å². The van der Waals surface area contributed by atoms with E-state index in [-0.39, 0.29) is 12.0 Å². The molecule has 2 N–H and O–H groups in total. The number of pyridine rings is 1. The van der Waals surface area contributed by atoms with Gasteiger partial charge >= 0.3 is 5.97 Å². The number of anilines is 1. The van der Waals surface area contributed by atoms with Crippen LogP contribution < -0.4 is 15.8 Å². The maximum atomic E-state index is 12.7. The number of aromatic nitrogens is 1. The van der Waals surface area contributed by atoms with Gasteiger partial charge in [0, 0.05) is 80.1 Å². The average Bonchev–Trinajstić information content (AvgIpc) is 2.97. The van der Waals surface area contributed by atoms with Crippen LogP contribution in [0.25, 0.3) is 0 Å². The molecular weight excluding hydrogens is 558 g/mol. The summed E-state index contributed by atoms with van der Waals surface area (Å²) in [5.74, 6) is 4.59. The number of carbonyl (C=O) groups excluding carboxylic acids is 1. The first-order chi connectivity index (χ1) is 20.1. The minimum atomic E-state index is -2.57. The number of nitrogens with zero attached hydrogens (tertiary/aromatic N) is 4. The molecule has 1 aromatic heterocycles. The maximum Gasteiger partial charge on any atom is 0.305 e. The number of hydrazine groups is 1. The van der Waals surface area contributed by atoms with Gasteiger partial charge < -0.3 is 24.4 Å². The van der Waals surface area contributed by atoms with Crippen LogP contribution in [0.3, 0.4) is 0 Å². The van der Waals surface area contributed by atoms with E-state index in [1.165, 1.54) is 10.6 Å². The summed E-state index contributed by atoms with van der Waals surface area (Å²) in [7, 11) is 1.58. The Morgan fingerprint density at radius 1 is 1.05 bits per heavy atom. The number of carbonyl (C=O) groups is 2. The number of piperazine rings is 1. The van der Waals surface area contributed by atoms with Gasteiger partial charge in [-0.05, 0) is 42.8 Å². The van der Waals surface area contributed by atoms with Gasteiger partial charge in [-0.25, -0.2) is 5.01 Å². The second kappa shape index (κ2) is 14.1. The smallest absolute Gasteiger partial charge is 0.305 e. The minimum Gasteiger partial charge on any atom is -0.759 e. The van der Waals surface area contributed by atoms with Gasteiger partial charge in [0.15, 0.2) is 0 Å². The minimum absolute atomic E-state index is 0.0199. The molecule has 12 heteroatoms. The van der Waals surface area contributed by atoms with Crippen molar-refractivity contribution in [2.24, 2.45) is 7.05 Å². The van der Waals surface area contributed by atoms with Crippen LogP contribution in [0.15, 0.2) is 71.7 Å². The number of carboxylic acid groups (broad SMARTS) is 1. The molecule has 0 spiro atoms. The largest absolute Gasteiger partial charge is 0.759 e.